The van der Waals surface area contributed by atoms with Crippen molar-refractivity contribution < 1.29 is 4.79 Å². The zero-order valence-corrected chi connectivity index (χ0v) is 11.7. The van der Waals surface area contributed by atoms with Crippen LogP contribution in [-0.2, 0) is 0 Å². The maximum absolute atomic E-state index is 11.8. The zero-order valence-electron chi connectivity index (χ0n) is 10.1. The van der Waals surface area contributed by atoms with Gasteiger partial charge in [0, 0.05) is 22.9 Å². The van der Waals surface area contributed by atoms with Crippen molar-refractivity contribution >= 4 is 27.5 Å². The van der Waals surface area contributed by atoms with E-state index in [0.717, 1.165) is 5.69 Å². The molecule has 1 aromatic carbocycles. The van der Waals surface area contributed by atoms with Gasteiger partial charge in [0.25, 0.3) is 5.91 Å². The van der Waals surface area contributed by atoms with Crippen LogP contribution in [-0.4, -0.2) is 22.2 Å². The highest BCUT2D eigenvalue weighted by atomic mass is 79.9. The first-order chi connectivity index (χ1) is 9.06. The number of amides is 1. The Morgan fingerprint density at radius 2 is 2.26 bits per heavy atom. The van der Waals surface area contributed by atoms with Crippen LogP contribution in [0.25, 0.3) is 5.69 Å². The molecule has 1 aromatic heterocycles. The Bertz CT molecular complexity index is 621. The third-order valence-electron chi connectivity index (χ3n) is 2.40. The van der Waals surface area contributed by atoms with Gasteiger partial charge in [0.05, 0.1) is 5.69 Å². The minimum Gasteiger partial charge on any atom is -0.399 e. The van der Waals surface area contributed by atoms with Gasteiger partial charge in [0.15, 0.2) is 5.69 Å². The number of rotatable bonds is 4. The molecule has 6 heteroatoms. The summed E-state index contributed by atoms with van der Waals surface area (Å²) in [6, 6.07) is 8.93. The van der Waals surface area contributed by atoms with Gasteiger partial charge in [-0.15, -0.1) is 0 Å². The monoisotopic (exact) mass is 320 g/mol. The first kappa shape index (κ1) is 13.4. The van der Waals surface area contributed by atoms with E-state index in [-0.39, 0.29) is 5.91 Å². The lowest BCUT2D eigenvalue weighted by molar-refractivity contribution is 0.0952. The van der Waals surface area contributed by atoms with Crippen LogP contribution in [0.15, 0.2) is 47.6 Å². The van der Waals surface area contributed by atoms with Crippen molar-refractivity contribution in [3.8, 4) is 5.69 Å². The maximum atomic E-state index is 11.8. The lowest BCUT2D eigenvalue weighted by Gasteiger charge is -2.03. The summed E-state index contributed by atoms with van der Waals surface area (Å²) >= 11 is 3.18. The average molecular weight is 321 g/mol. The van der Waals surface area contributed by atoms with E-state index in [0.29, 0.717) is 22.4 Å². The van der Waals surface area contributed by atoms with Crippen molar-refractivity contribution in [2.24, 2.45) is 0 Å². The molecule has 0 spiro atoms. The van der Waals surface area contributed by atoms with Crippen LogP contribution in [0, 0.1) is 0 Å². The third-order valence-corrected chi connectivity index (χ3v) is 2.68. The maximum Gasteiger partial charge on any atom is 0.272 e. The van der Waals surface area contributed by atoms with Crippen molar-refractivity contribution in [3.05, 3.63) is 53.3 Å². The van der Waals surface area contributed by atoms with E-state index in [2.05, 4.69) is 32.9 Å². The number of carbonyl (C=O) groups is 1. The van der Waals surface area contributed by atoms with Gasteiger partial charge in [0.2, 0.25) is 0 Å². The molecule has 0 bridgehead atoms. The number of anilines is 1. The fraction of sp³-hybridized carbons (Fsp3) is 0.0769. The second-order valence-corrected chi connectivity index (χ2v) is 5.06. The molecule has 0 saturated carbocycles. The smallest absolute Gasteiger partial charge is 0.272 e. The van der Waals surface area contributed by atoms with E-state index in [4.69, 9.17) is 5.73 Å². The standard InChI is InChI=1S/C13H13BrN4O/c1-9(14)8-16-13(19)12-5-6-18(17-12)11-4-2-3-10(15)7-11/h2-7H,1,8,15H2,(H,16,19). The second kappa shape index (κ2) is 5.71. The summed E-state index contributed by atoms with van der Waals surface area (Å²) in [4.78, 5) is 11.8. The number of nitrogens with zero attached hydrogens (tertiary/aromatic N) is 2. The van der Waals surface area contributed by atoms with Crippen LogP contribution in [0.2, 0.25) is 0 Å². The van der Waals surface area contributed by atoms with E-state index in [1.54, 1.807) is 29.1 Å². The Morgan fingerprint density at radius 3 is 2.95 bits per heavy atom. The quantitative estimate of drug-likeness (QED) is 0.847. The minimum atomic E-state index is -0.247. The zero-order chi connectivity index (χ0) is 13.8. The number of benzene rings is 1. The molecule has 0 aliphatic heterocycles. The molecule has 0 radical (unpaired) electrons. The number of carbonyl (C=O) groups excluding carboxylic acids is 1. The number of hydrogen-bond donors (Lipinski definition) is 2. The van der Waals surface area contributed by atoms with Gasteiger partial charge < -0.3 is 11.1 Å². The first-order valence-corrected chi connectivity index (χ1v) is 6.38. The summed E-state index contributed by atoms with van der Waals surface area (Å²) in [5.41, 5.74) is 7.51. The Labute approximate surface area is 119 Å². The molecule has 5 nitrogen and oxygen atoms in total. The highest BCUT2D eigenvalue weighted by molar-refractivity contribution is 9.11. The van der Waals surface area contributed by atoms with Crippen molar-refractivity contribution in [2.75, 3.05) is 12.3 Å². The van der Waals surface area contributed by atoms with Gasteiger partial charge in [-0.3, -0.25) is 4.79 Å². The molecule has 0 saturated heterocycles. The van der Waals surface area contributed by atoms with Crippen LogP contribution >= 0.6 is 15.9 Å². The molecule has 0 aliphatic carbocycles. The molecule has 2 rings (SSSR count). The highest BCUT2D eigenvalue weighted by Gasteiger charge is 2.09. The van der Waals surface area contributed by atoms with Crippen LogP contribution in [0.3, 0.4) is 0 Å². The number of aromatic nitrogens is 2. The van der Waals surface area contributed by atoms with E-state index in [1.165, 1.54) is 0 Å². The van der Waals surface area contributed by atoms with Gasteiger partial charge in [-0.1, -0.05) is 28.6 Å². The fourth-order valence-electron chi connectivity index (χ4n) is 1.52. The number of halogens is 1. The van der Waals surface area contributed by atoms with Crippen molar-refractivity contribution in [1.82, 2.24) is 15.1 Å². The van der Waals surface area contributed by atoms with Crippen LogP contribution in [0.5, 0.6) is 0 Å². The lowest BCUT2D eigenvalue weighted by Crippen LogP contribution is -2.24. The number of nitrogens with one attached hydrogen (secondary N) is 1. The summed E-state index contributed by atoms with van der Waals surface area (Å²) < 4.78 is 2.31. The topological polar surface area (TPSA) is 72.9 Å². The molecule has 2 aromatic rings. The van der Waals surface area contributed by atoms with Gasteiger partial charge >= 0.3 is 0 Å². The Hall–Kier alpha value is -2.08. The van der Waals surface area contributed by atoms with E-state index in [1.807, 2.05) is 12.1 Å². The minimum absolute atomic E-state index is 0.247. The molecular weight excluding hydrogens is 308 g/mol. The molecular formula is C13H13BrN4O. The summed E-state index contributed by atoms with van der Waals surface area (Å²) in [5.74, 6) is -0.247. The molecule has 0 fully saturated rings. The van der Waals surface area contributed by atoms with Gasteiger partial charge in [0.1, 0.15) is 0 Å². The second-order valence-electron chi connectivity index (χ2n) is 3.94. The number of hydrogen-bond acceptors (Lipinski definition) is 3. The number of nitrogen functional groups attached to an aromatic ring is 1. The van der Waals surface area contributed by atoms with Crippen LogP contribution in [0.4, 0.5) is 5.69 Å². The fourth-order valence-corrected chi connectivity index (χ4v) is 1.66. The lowest BCUT2D eigenvalue weighted by atomic mass is 10.3. The van der Waals surface area contributed by atoms with Crippen LogP contribution < -0.4 is 11.1 Å². The molecule has 0 unspecified atom stereocenters. The highest BCUT2D eigenvalue weighted by Crippen LogP contribution is 2.11. The van der Waals surface area contributed by atoms with Gasteiger partial charge in [-0.05, 0) is 24.3 Å². The summed E-state index contributed by atoms with van der Waals surface area (Å²) in [7, 11) is 0. The van der Waals surface area contributed by atoms with Crippen LogP contribution in [0.1, 0.15) is 10.5 Å². The molecule has 0 atom stereocenters. The first-order valence-electron chi connectivity index (χ1n) is 5.59. The van der Waals surface area contributed by atoms with Gasteiger partial charge in [-0.2, -0.15) is 5.10 Å². The van der Waals surface area contributed by atoms with Gasteiger partial charge in [-0.25, -0.2) is 4.68 Å². The average Bonchev–Trinajstić information content (AvgIpc) is 2.85. The molecule has 19 heavy (non-hydrogen) atoms. The van der Waals surface area contributed by atoms with E-state index in [9.17, 15) is 4.79 Å². The molecule has 3 N–H and O–H groups in total. The van der Waals surface area contributed by atoms with E-state index >= 15 is 0 Å². The Balaban J connectivity index is 2.15. The molecule has 1 heterocycles. The number of nitrogens with two attached hydrogens (primary N) is 1. The Morgan fingerprint density at radius 1 is 1.47 bits per heavy atom. The summed E-state index contributed by atoms with van der Waals surface area (Å²) in [5, 5.41) is 6.89. The molecule has 0 aliphatic rings. The molecule has 1 amide bonds. The predicted octanol–water partition coefficient (Wildman–Crippen LogP) is 2.09. The SMILES string of the molecule is C=C(Br)CNC(=O)c1ccn(-c2cccc(N)c2)n1. The summed E-state index contributed by atoms with van der Waals surface area (Å²) in [6.45, 7) is 4.01. The third kappa shape index (κ3) is 3.45. The van der Waals surface area contributed by atoms with Crippen molar-refractivity contribution in [1.29, 1.82) is 0 Å². The largest absolute Gasteiger partial charge is 0.399 e. The van der Waals surface area contributed by atoms with Crippen molar-refractivity contribution in [3.63, 3.8) is 0 Å². The Kier molecular flexibility index (Phi) is 4.01. The molecule has 98 valence electrons. The predicted molar refractivity (Wildman–Crippen MR) is 78.4 cm³/mol. The van der Waals surface area contributed by atoms with Crippen molar-refractivity contribution in [2.45, 2.75) is 0 Å². The summed E-state index contributed by atoms with van der Waals surface area (Å²) in [6.07, 6.45) is 1.71. The normalized spacial score (nSPS) is 10.2. The van der Waals surface area contributed by atoms with E-state index < -0.39 is 0 Å².